The zero-order valence-corrected chi connectivity index (χ0v) is 18.1. The lowest BCUT2D eigenvalue weighted by atomic mass is 10.0. The van der Waals surface area contributed by atoms with Crippen LogP contribution in [0.3, 0.4) is 0 Å². The molecule has 0 bridgehead atoms. The summed E-state index contributed by atoms with van der Waals surface area (Å²) in [5.41, 5.74) is 4.02. The lowest BCUT2D eigenvalue weighted by Crippen LogP contribution is -2.30. The Morgan fingerprint density at radius 2 is 1.94 bits per heavy atom. The number of ether oxygens (including phenoxy) is 1. The Morgan fingerprint density at radius 3 is 2.61 bits per heavy atom. The largest absolute Gasteiger partial charge is 0.377 e. The maximum Gasteiger partial charge on any atom is 0.287 e. The second-order valence-electron chi connectivity index (χ2n) is 8.02. The van der Waals surface area contributed by atoms with Crippen LogP contribution in [0.25, 0.3) is 11.1 Å². The van der Waals surface area contributed by atoms with Gasteiger partial charge in [-0.1, -0.05) is 38.1 Å². The molecule has 0 unspecified atom stereocenters. The molecule has 0 atom stereocenters. The average molecular weight is 438 g/mol. The number of sulfonamides is 1. The van der Waals surface area contributed by atoms with Crippen molar-refractivity contribution in [3.63, 3.8) is 0 Å². The van der Waals surface area contributed by atoms with Gasteiger partial charge in [-0.3, -0.25) is 4.68 Å². The van der Waals surface area contributed by atoms with Gasteiger partial charge in [-0.15, -0.1) is 4.40 Å². The van der Waals surface area contributed by atoms with Gasteiger partial charge >= 0.3 is 0 Å². The lowest BCUT2D eigenvalue weighted by Gasteiger charge is -2.26. The molecular weight excluding hydrogens is 414 g/mol. The minimum absolute atomic E-state index is 0.144. The number of guanidine groups is 1. The molecular formula is C22H23N5O3S. The van der Waals surface area contributed by atoms with Gasteiger partial charge in [-0.25, -0.2) is 0 Å². The van der Waals surface area contributed by atoms with Crippen molar-refractivity contribution in [2.45, 2.75) is 30.7 Å². The molecule has 0 saturated carbocycles. The van der Waals surface area contributed by atoms with E-state index in [0.717, 1.165) is 16.8 Å². The number of nitrogens with one attached hydrogen (secondary N) is 2. The van der Waals surface area contributed by atoms with Crippen molar-refractivity contribution in [2.75, 3.05) is 23.8 Å². The third-order valence-electron chi connectivity index (χ3n) is 5.51. The van der Waals surface area contributed by atoms with Gasteiger partial charge in [0.2, 0.25) is 5.96 Å². The molecule has 3 aromatic rings. The molecule has 31 heavy (non-hydrogen) atoms. The first-order valence-corrected chi connectivity index (χ1v) is 11.6. The molecule has 1 saturated heterocycles. The van der Waals surface area contributed by atoms with Gasteiger partial charge in [-0.2, -0.15) is 13.5 Å². The molecule has 9 heteroatoms. The Balaban J connectivity index is 1.47. The molecule has 2 aliphatic heterocycles. The van der Waals surface area contributed by atoms with Crippen LogP contribution >= 0.6 is 0 Å². The number of hydrogen-bond acceptors (Lipinski definition) is 6. The van der Waals surface area contributed by atoms with Crippen molar-refractivity contribution >= 4 is 27.4 Å². The molecule has 0 spiro atoms. The number of fused-ring (bicyclic) bond motifs is 1. The topological polar surface area (TPSA) is 97.6 Å². The minimum atomic E-state index is -3.85. The van der Waals surface area contributed by atoms with Crippen LogP contribution in [0.5, 0.6) is 0 Å². The first-order chi connectivity index (χ1) is 14.9. The van der Waals surface area contributed by atoms with Gasteiger partial charge < -0.3 is 15.4 Å². The fraction of sp³-hybridized carbons (Fsp3) is 0.273. The second kappa shape index (κ2) is 7.51. The summed E-state index contributed by atoms with van der Waals surface area (Å²) in [6.07, 6.45) is 3.66. The highest BCUT2D eigenvalue weighted by atomic mass is 32.2. The van der Waals surface area contributed by atoms with Gasteiger partial charge in [0.1, 0.15) is 4.90 Å². The van der Waals surface area contributed by atoms with Crippen LogP contribution in [0, 0.1) is 0 Å². The fourth-order valence-corrected chi connectivity index (χ4v) is 4.72. The van der Waals surface area contributed by atoms with E-state index in [1.807, 2.05) is 41.2 Å². The summed E-state index contributed by atoms with van der Waals surface area (Å²) < 4.78 is 36.8. The SMILES string of the molecule is CC(C)c1ccc(NC2=NS(=O)(=O)c3cccc(-c4cnn(C5COC5)c4)c3N2)cc1. The normalized spacial score (nSPS) is 17.5. The van der Waals surface area contributed by atoms with Crippen molar-refractivity contribution < 1.29 is 13.2 Å². The standard InChI is InChI=1S/C22H23N5O3S/c1-14(2)15-6-8-17(9-7-15)24-22-25-21-19(4-3-5-20(21)31(28,29)26-22)16-10-23-27(11-16)18-12-30-13-18/h3-11,14,18H,12-13H2,1-2H3,(H2,24,25,26). The number of rotatable bonds is 4. The summed E-state index contributed by atoms with van der Waals surface area (Å²) in [5.74, 6) is 0.582. The average Bonchev–Trinajstić information content (AvgIpc) is 3.15. The van der Waals surface area contributed by atoms with Crippen LogP contribution in [-0.2, 0) is 14.8 Å². The van der Waals surface area contributed by atoms with Crippen LogP contribution < -0.4 is 10.6 Å². The molecule has 2 aromatic carbocycles. The molecule has 1 aromatic heterocycles. The Labute approximate surface area is 181 Å². The van der Waals surface area contributed by atoms with Crippen LogP contribution in [0.1, 0.15) is 31.4 Å². The molecule has 0 aliphatic carbocycles. The maximum atomic E-state index is 12.9. The predicted octanol–water partition coefficient (Wildman–Crippen LogP) is 3.83. The minimum Gasteiger partial charge on any atom is -0.377 e. The number of benzene rings is 2. The zero-order valence-electron chi connectivity index (χ0n) is 17.2. The fourth-order valence-electron chi connectivity index (χ4n) is 3.62. The molecule has 0 amide bonds. The van der Waals surface area contributed by atoms with Crippen LogP contribution in [-0.4, -0.2) is 37.4 Å². The summed E-state index contributed by atoms with van der Waals surface area (Å²) in [6.45, 7) is 5.52. The highest BCUT2D eigenvalue weighted by Crippen LogP contribution is 2.37. The smallest absolute Gasteiger partial charge is 0.287 e. The summed E-state index contributed by atoms with van der Waals surface area (Å²) in [5, 5.41) is 10.7. The van der Waals surface area contributed by atoms with Crippen molar-refractivity contribution in [3.8, 4) is 11.1 Å². The van der Waals surface area contributed by atoms with Gasteiger partial charge in [-0.05, 0) is 29.7 Å². The van der Waals surface area contributed by atoms with E-state index in [9.17, 15) is 8.42 Å². The zero-order chi connectivity index (χ0) is 21.6. The number of hydrogen-bond donors (Lipinski definition) is 2. The molecule has 1 fully saturated rings. The monoisotopic (exact) mass is 437 g/mol. The molecule has 160 valence electrons. The van der Waals surface area contributed by atoms with Gasteiger partial charge in [0.25, 0.3) is 10.0 Å². The number of para-hydroxylation sites is 1. The van der Waals surface area contributed by atoms with Crippen molar-refractivity contribution in [3.05, 3.63) is 60.4 Å². The number of anilines is 2. The van der Waals surface area contributed by atoms with E-state index in [1.165, 1.54) is 5.56 Å². The highest BCUT2D eigenvalue weighted by Gasteiger charge is 2.28. The highest BCUT2D eigenvalue weighted by molar-refractivity contribution is 7.90. The predicted molar refractivity (Wildman–Crippen MR) is 120 cm³/mol. The Bertz CT molecular complexity index is 1260. The first-order valence-electron chi connectivity index (χ1n) is 10.1. The summed E-state index contributed by atoms with van der Waals surface area (Å²) in [7, 11) is -3.85. The van der Waals surface area contributed by atoms with Crippen molar-refractivity contribution in [2.24, 2.45) is 4.40 Å². The van der Waals surface area contributed by atoms with E-state index in [4.69, 9.17) is 4.74 Å². The third-order valence-corrected chi connectivity index (χ3v) is 6.83. The molecule has 8 nitrogen and oxygen atoms in total. The lowest BCUT2D eigenvalue weighted by molar-refractivity contribution is -0.0286. The number of aromatic nitrogens is 2. The van der Waals surface area contributed by atoms with Crippen LogP contribution in [0.4, 0.5) is 11.4 Å². The Kier molecular flexibility index (Phi) is 4.79. The summed E-state index contributed by atoms with van der Waals surface area (Å²) in [6, 6.07) is 13.2. The van der Waals surface area contributed by atoms with E-state index < -0.39 is 10.0 Å². The van der Waals surface area contributed by atoms with Gasteiger partial charge in [0, 0.05) is 23.0 Å². The Hall–Kier alpha value is -3.17. The van der Waals surface area contributed by atoms with E-state index in [2.05, 4.69) is 34.0 Å². The van der Waals surface area contributed by atoms with Crippen LogP contribution in [0.15, 0.2) is 64.2 Å². The molecule has 3 heterocycles. The van der Waals surface area contributed by atoms with E-state index in [0.29, 0.717) is 24.8 Å². The van der Waals surface area contributed by atoms with Gasteiger partial charge in [0.05, 0.1) is 31.1 Å². The summed E-state index contributed by atoms with van der Waals surface area (Å²) >= 11 is 0. The molecule has 5 rings (SSSR count). The second-order valence-corrected chi connectivity index (χ2v) is 9.59. The van der Waals surface area contributed by atoms with E-state index in [1.54, 1.807) is 18.3 Å². The molecule has 0 radical (unpaired) electrons. The van der Waals surface area contributed by atoms with Crippen molar-refractivity contribution in [1.82, 2.24) is 9.78 Å². The Morgan fingerprint density at radius 1 is 1.16 bits per heavy atom. The third kappa shape index (κ3) is 3.70. The summed E-state index contributed by atoms with van der Waals surface area (Å²) in [4.78, 5) is 0.144. The number of nitrogens with zero attached hydrogens (tertiary/aromatic N) is 3. The molecule has 2 N–H and O–H groups in total. The van der Waals surface area contributed by atoms with E-state index in [-0.39, 0.29) is 16.9 Å². The molecule has 2 aliphatic rings. The maximum absolute atomic E-state index is 12.9. The first kappa shape index (κ1) is 19.8. The quantitative estimate of drug-likeness (QED) is 0.644. The van der Waals surface area contributed by atoms with Crippen molar-refractivity contribution in [1.29, 1.82) is 0 Å². The van der Waals surface area contributed by atoms with E-state index >= 15 is 0 Å². The van der Waals surface area contributed by atoms with Gasteiger partial charge in [0.15, 0.2) is 0 Å². The van der Waals surface area contributed by atoms with Crippen LogP contribution in [0.2, 0.25) is 0 Å².